The molecule has 4 nitrogen and oxygen atoms in total. The molecule has 1 heterocycles. The predicted molar refractivity (Wildman–Crippen MR) is 76.0 cm³/mol. The second kappa shape index (κ2) is 6.95. The van der Waals surface area contributed by atoms with Crippen LogP contribution in [0.25, 0.3) is 0 Å². The number of aromatic nitrogens is 2. The molecule has 4 heteroatoms. The number of hydrogen-bond donors (Lipinski definition) is 1. The molecule has 0 aliphatic rings. The number of imidazole rings is 1. The molecule has 0 aliphatic carbocycles. The molecule has 0 radical (unpaired) electrons. The molecule has 0 fully saturated rings. The first kappa shape index (κ1) is 13.6. The number of ether oxygens (including phenoxy) is 1. The molecule has 1 aromatic carbocycles. The number of nitrogens with zero attached hydrogens (tertiary/aromatic N) is 2. The summed E-state index contributed by atoms with van der Waals surface area (Å²) in [5, 5.41) is 0. The van der Waals surface area contributed by atoms with Gasteiger partial charge in [0.1, 0.15) is 5.75 Å². The van der Waals surface area contributed by atoms with Gasteiger partial charge in [0, 0.05) is 30.5 Å². The number of aryl methyl sites for hydroxylation is 1. The van der Waals surface area contributed by atoms with Crippen LogP contribution in [0.4, 0.5) is 0 Å². The molecule has 19 heavy (non-hydrogen) atoms. The fraction of sp³-hybridized carbons (Fsp3) is 0.400. The molecule has 1 atom stereocenters. The third-order valence-electron chi connectivity index (χ3n) is 3.14. The Morgan fingerprint density at radius 1 is 1.37 bits per heavy atom. The zero-order chi connectivity index (χ0) is 13.5. The third-order valence-corrected chi connectivity index (χ3v) is 3.14. The lowest BCUT2D eigenvalue weighted by Crippen LogP contribution is -2.11. The van der Waals surface area contributed by atoms with Gasteiger partial charge < -0.3 is 15.0 Å². The lowest BCUT2D eigenvalue weighted by atomic mass is 10.0. The number of para-hydroxylation sites is 1. The zero-order valence-corrected chi connectivity index (χ0v) is 11.3. The van der Waals surface area contributed by atoms with Gasteiger partial charge in [-0.3, -0.25) is 0 Å². The fourth-order valence-electron chi connectivity index (χ4n) is 1.99. The van der Waals surface area contributed by atoms with Crippen LogP contribution in [-0.4, -0.2) is 16.2 Å². The van der Waals surface area contributed by atoms with Gasteiger partial charge >= 0.3 is 0 Å². The van der Waals surface area contributed by atoms with Crippen LogP contribution in [0.2, 0.25) is 0 Å². The maximum Gasteiger partial charge on any atom is 0.124 e. The van der Waals surface area contributed by atoms with Gasteiger partial charge in [0.05, 0.1) is 12.9 Å². The molecule has 2 N–H and O–H groups in total. The fourth-order valence-corrected chi connectivity index (χ4v) is 1.99. The van der Waals surface area contributed by atoms with Gasteiger partial charge in [-0.05, 0) is 18.9 Å². The summed E-state index contributed by atoms with van der Waals surface area (Å²) in [7, 11) is 0. The van der Waals surface area contributed by atoms with Gasteiger partial charge in [0.25, 0.3) is 0 Å². The number of hydrogen-bond acceptors (Lipinski definition) is 3. The van der Waals surface area contributed by atoms with Crippen molar-refractivity contribution in [2.75, 3.05) is 6.61 Å². The highest BCUT2D eigenvalue weighted by atomic mass is 16.5. The van der Waals surface area contributed by atoms with Gasteiger partial charge in [0.2, 0.25) is 0 Å². The summed E-state index contributed by atoms with van der Waals surface area (Å²) < 4.78 is 7.89. The van der Waals surface area contributed by atoms with Crippen molar-refractivity contribution in [2.24, 2.45) is 5.73 Å². The van der Waals surface area contributed by atoms with E-state index in [-0.39, 0.29) is 6.04 Å². The highest BCUT2D eigenvalue weighted by Gasteiger charge is 2.09. The van der Waals surface area contributed by atoms with E-state index in [4.69, 9.17) is 10.5 Å². The van der Waals surface area contributed by atoms with Crippen molar-refractivity contribution in [3.05, 3.63) is 48.5 Å². The Bertz CT molecular complexity index is 482. The van der Waals surface area contributed by atoms with Crippen molar-refractivity contribution in [2.45, 2.75) is 32.4 Å². The molecule has 0 aliphatic heterocycles. The highest BCUT2D eigenvalue weighted by Crippen LogP contribution is 2.25. The largest absolute Gasteiger partial charge is 0.493 e. The summed E-state index contributed by atoms with van der Waals surface area (Å²) in [6, 6.07) is 8.06. The third kappa shape index (κ3) is 3.83. The smallest absolute Gasteiger partial charge is 0.124 e. The summed E-state index contributed by atoms with van der Waals surface area (Å²) in [5.41, 5.74) is 7.17. The molecule has 0 saturated carbocycles. The molecule has 2 rings (SSSR count). The maximum atomic E-state index is 6.08. The van der Waals surface area contributed by atoms with E-state index >= 15 is 0 Å². The van der Waals surface area contributed by atoms with Crippen LogP contribution in [0.15, 0.2) is 43.0 Å². The first-order valence-electron chi connectivity index (χ1n) is 6.74. The Morgan fingerprint density at radius 2 is 2.21 bits per heavy atom. The molecule has 0 unspecified atom stereocenters. The van der Waals surface area contributed by atoms with Gasteiger partial charge in [-0.15, -0.1) is 0 Å². The SMILES string of the molecule is CC[C@@H](N)c1ccccc1OCCCn1ccnc1. The normalized spacial score (nSPS) is 12.3. The van der Waals surface area contributed by atoms with Crippen molar-refractivity contribution in [3.63, 3.8) is 0 Å². The standard InChI is InChI=1S/C15H21N3O/c1-2-14(16)13-6-3-4-7-15(13)19-11-5-9-18-10-8-17-12-18/h3-4,6-8,10,12,14H,2,5,9,11,16H2,1H3/t14-/m1/s1. The van der Waals surface area contributed by atoms with E-state index < -0.39 is 0 Å². The summed E-state index contributed by atoms with van der Waals surface area (Å²) in [4.78, 5) is 4.01. The Morgan fingerprint density at radius 3 is 2.95 bits per heavy atom. The first-order chi connectivity index (χ1) is 9.31. The average molecular weight is 259 g/mol. The second-order valence-corrected chi connectivity index (χ2v) is 4.56. The van der Waals surface area contributed by atoms with Crippen LogP contribution in [0.1, 0.15) is 31.4 Å². The van der Waals surface area contributed by atoms with Crippen molar-refractivity contribution in [3.8, 4) is 5.75 Å². The first-order valence-corrected chi connectivity index (χ1v) is 6.74. The molecule has 0 amide bonds. The van der Waals surface area contributed by atoms with Gasteiger partial charge in [-0.2, -0.15) is 0 Å². The molecular formula is C15H21N3O. The lowest BCUT2D eigenvalue weighted by molar-refractivity contribution is 0.297. The lowest BCUT2D eigenvalue weighted by Gasteiger charge is -2.15. The number of benzene rings is 1. The van der Waals surface area contributed by atoms with E-state index in [1.165, 1.54) is 0 Å². The minimum atomic E-state index is 0.0462. The quantitative estimate of drug-likeness (QED) is 0.778. The average Bonchev–Trinajstić information content (AvgIpc) is 2.96. The molecule has 0 spiro atoms. The van der Waals surface area contributed by atoms with Gasteiger partial charge in [-0.25, -0.2) is 4.98 Å². The number of nitrogens with two attached hydrogens (primary N) is 1. The summed E-state index contributed by atoms with van der Waals surface area (Å²) in [6.45, 7) is 3.69. The summed E-state index contributed by atoms with van der Waals surface area (Å²) >= 11 is 0. The van der Waals surface area contributed by atoms with Crippen molar-refractivity contribution >= 4 is 0 Å². The number of rotatable bonds is 7. The monoisotopic (exact) mass is 259 g/mol. The molecule has 0 bridgehead atoms. The van der Waals surface area contributed by atoms with E-state index in [1.807, 2.05) is 41.4 Å². The van der Waals surface area contributed by atoms with E-state index in [0.29, 0.717) is 6.61 Å². The summed E-state index contributed by atoms with van der Waals surface area (Å²) in [6.07, 6.45) is 7.43. The van der Waals surface area contributed by atoms with E-state index in [9.17, 15) is 0 Å². The maximum absolute atomic E-state index is 6.08. The van der Waals surface area contributed by atoms with Crippen LogP contribution in [0.5, 0.6) is 5.75 Å². The molecule has 102 valence electrons. The highest BCUT2D eigenvalue weighted by molar-refractivity contribution is 5.35. The Hall–Kier alpha value is -1.81. The minimum absolute atomic E-state index is 0.0462. The molecular weight excluding hydrogens is 238 g/mol. The van der Waals surface area contributed by atoms with Crippen LogP contribution in [0.3, 0.4) is 0 Å². The van der Waals surface area contributed by atoms with E-state index in [1.54, 1.807) is 6.20 Å². The topological polar surface area (TPSA) is 53.1 Å². The second-order valence-electron chi connectivity index (χ2n) is 4.56. The molecule has 0 saturated heterocycles. The van der Waals surface area contributed by atoms with Crippen LogP contribution in [0, 0.1) is 0 Å². The van der Waals surface area contributed by atoms with E-state index in [0.717, 1.165) is 30.7 Å². The van der Waals surface area contributed by atoms with Crippen molar-refractivity contribution < 1.29 is 4.74 Å². The summed E-state index contributed by atoms with van der Waals surface area (Å²) in [5.74, 6) is 0.905. The van der Waals surface area contributed by atoms with Crippen molar-refractivity contribution in [1.29, 1.82) is 0 Å². The van der Waals surface area contributed by atoms with Crippen LogP contribution in [-0.2, 0) is 6.54 Å². The zero-order valence-electron chi connectivity index (χ0n) is 11.3. The minimum Gasteiger partial charge on any atom is -0.493 e. The van der Waals surface area contributed by atoms with E-state index in [2.05, 4.69) is 11.9 Å². The Balaban J connectivity index is 1.85. The van der Waals surface area contributed by atoms with Crippen molar-refractivity contribution in [1.82, 2.24) is 9.55 Å². The molecule has 2 aromatic rings. The van der Waals surface area contributed by atoms with Gasteiger partial charge in [0.15, 0.2) is 0 Å². The Kier molecular flexibility index (Phi) is 4.98. The van der Waals surface area contributed by atoms with Crippen LogP contribution >= 0.6 is 0 Å². The Labute approximate surface area is 114 Å². The van der Waals surface area contributed by atoms with Crippen LogP contribution < -0.4 is 10.5 Å². The molecule has 1 aromatic heterocycles. The van der Waals surface area contributed by atoms with Gasteiger partial charge in [-0.1, -0.05) is 25.1 Å². The predicted octanol–water partition coefficient (Wildman–Crippen LogP) is 2.76.